The molecule has 38 heavy (non-hydrogen) atoms. The molecule has 1 N–H and O–H groups in total. The molecular weight excluding hydrogens is 496 g/mol. The molecule has 0 amide bonds. The molecule has 2 saturated carbocycles. The monoisotopic (exact) mass is 534 g/mol. The van der Waals surface area contributed by atoms with Gasteiger partial charge in [0.2, 0.25) is 0 Å². The number of carbonyl (C=O) groups excluding carboxylic acids is 4. The van der Waals surface area contributed by atoms with Gasteiger partial charge in [-0.25, -0.2) is 0 Å². The Labute approximate surface area is 222 Å². The van der Waals surface area contributed by atoms with Crippen LogP contribution in [0.15, 0.2) is 16.7 Å². The lowest BCUT2D eigenvalue weighted by Gasteiger charge is -2.70. The van der Waals surface area contributed by atoms with Crippen molar-refractivity contribution < 1.29 is 47.6 Å². The van der Waals surface area contributed by atoms with Gasteiger partial charge in [-0.1, -0.05) is 27.7 Å². The summed E-state index contributed by atoms with van der Waals surface area (Å²) in [5, 5.41) is 13.0. The van der Waals surface area contributed by atoms with Crippen molar-refractivity contribution in [1.82, 2.24) is 0 Å². The molecule has 10 nitrogen and oxygen atoms in total. The Kier molecular flexibility index (Phi) is 6.96. The highest BCUT2D eigenvalue weighted by Crippen LogP contribution is 2.68. The second-order valence-corrected chi connectivity index (χ2v) is 11.9. The first-order valence-electron chi connectivity index (χ1n) is 13.0. The minimum Gasteiger partial charge on any atom is -0.469 e. The molecule has 4 rings (SSSR count). The number of carbonyl (C=O) groups is 4. The van der Waals surface area contributed by atoms with Gasteiger partial charge in [0, 0.05) is 50.9 Å². The predicted molar refractivity (Wildman–Crippen MR) is 131 cm³/mol. The van der Waals surface area contributed by atoms with Crippen LogP contribution in [0.25, 0.3) is 0 Å². The van der Waals surface area contributed by atoms with E-state index >= 15 is 0 Å². The third kappa shape index (κ3) is 4.03. The Morgan fingerprint density at radius 2 is 1.45 bits per heavy atom. The van der Waals surface area contributed by atoms with E-state index in [1.165, 1.54) is 27.7 Å². The summed E-state index contributed by atoms with van der Waals surface area (Å²) >= 11 is 0. The van der Waals surface area contributed by atoms with Crippen molar-refractivity contribution in [2.75, 3.05) is 0 Å². The fourth-order valence-electron chi connectivity index (χ4n) is 8.02. The standard InChI is InChI=1S/C28H38O10/c1-13-18-9-10-34-20(18)11-19-22(13)23(36-15(3)30)25(38-17(5)32)28(33)26(6,7)12-21(35-14(2)29)24(27(19,28)8)37-16(4)31/h9-10,13,19,21-25,33H,11-12H2,1-8H3/t13-,19-,21-,22-,23+,24-,25-,27-,28+/m0/s1. The van der Waals surface area contributed by atoms with Gasteiger partial charge in [-0.3, -0.25) is 19.2 Å². The van der Waals surface area contributed by atoms with Gasteiger partial charge >= 0.3 is 23.9 Å². The number of rotatable bonds is 4. The fourth-order valence-corrected chi connectivity index (χ4v) is 8.02. The van der Waals surface area contributed by atoms with E-state index in [-0.39, 0.29) is 12.3 Å². The van der Waals surface area contributed by atoms with Crippen molar-refractivity contribution in [3.05, 3.63) is 23.7 Å². The maximum Gasteiger partial charge on any atom is 0.303 e. The lowest BCUT2D eigenvalue weighted by Crippen LogP contribution is -2.82. The van der Waals surface area contributed by atoms with E-state index in [1.54, 1.807) is 27.0 Å². The number of hydrogen-bond acceptors (Lipinski definition) is 10. The normalized spacial score (nSPS) is 39.0. The van der Waals surface area contributed by atoms with E-state index in [4.69, 9.17) is 23.4 Å². The zero-order chi connectivity index (χ0) is 28.4. The summed E-state index contributed by atoms with van der Waals surface area (Å²) in [6, 6.07) is 1.86. The zero-order valence-corrected chi connectivity index (χ0v) is 23.2. The van der Waals surface area contributed by atoms with Crippen LogP contribution in [-0.4, -0.2) is 59.0 Å². The van der Waals surface area contributed by atoms with E-state index in [0.717, 1.165) is 5.56 Å². The molecule has 1 aromatic rings. The number of fused-ring (bicyclic) bond motifs is 4. The summed E-state index contributed by atoms with van der Waals surface area (Å²) in [6.07, 6.45) is -2.24. The number of hydrogen-bond donors (Lipinski definition) is 1. The van der Waals surface area contributed by atoms with Crippen molar-refractivity contribution in [1.29, 1.82) is 0 Å². The summed E-state index contributed by atoms with van der Waals surface area (Å²) in [6.45, 7) is 12.4. The third-order valence-corrected chi connectivity index (χ3v) is 9.28. The molecule has 0 saturated heterocycles. The van der Waals surface area contributed by atoms with E-state index in [2.05, 4.69) is 0 Å². The minimum atomic E-state index is -1.88. The predicted octanol–water partition coefficient (Wildman–Crippen LogP) is 3.08. The van der Waals surface area contributed by atoms with E-state index in [0.29, 0.717) is 12.2 Å². The zero-order valence-electron chi connectivity index (χ0n) is 23.2. The Morgan fingerprint density at radius 3 is 2.00 bits per heavy atom. The SMILES string of the molecule is CC(=O)O[C@@H]1[C@H]2[C@@H](C)c3ccoc3C[C@@H]2[C@@]2(C)[C@@H](OC(C)=O)[C@@H](OC(C)=O)CC(C)(C)[C@]2(O)[C@H]1OC(C)=O. The molecule has 3 aliphatic carbocycles. The van der Waals surface area contributed by atoms with Crippen LogP contribution in [-0.2, 0) is 44.5 Å². The van der Waals surface area contributed by atoms with Crippen LogP contribution in [0.1, 0.15) is 79.1 Å². The number of furan rings is 1. The highest BCUT2D eigenvalue weighted by Gasteiger charge is 2.79. The summed E-state index contributed by atoms with van der Waals surface area (Å²) < 4.78 is 29.2. The van der Waals surface area contributed by atoms with Crippen LogP contribution in [0, 0.1) is 22.7 Å². The van der Waals surface area contributed by atoms with Crippen LogP contribution in [0.4, 0.5) is 0 Å². The van der Waals surface area contributed by atoms with Crippen molar-refractivity contribution in [2.24, 2.45) is 22.7 Å². The maximum atomic E-state index is 13.0. The van der Waals surface area contributed by atoms with Gasteiger partial charge in [-0.2, -0.15) is 0 Å². The molecular formula is C28H38O10. The minimum absolute atomic E-state index is 0.0973. The first-order valence-corrected chi connectivity index (χ1v) is 13.0. The molecule has 0 bridgehead atoms. The van der Waals surface area contributed by atoms with Gasteiger partial charge in [0.05, 0.1) is 6.26 Å². The number of ether oxygens (including phenoxy) is 4. The molecule has 3 aliphatic rings. The number of aliphatic hydroxyl groups is 1. The highest BCUT2D eigenvalue weighted by atomic mass is 16.6. The smallest absolute Gasteiger partial charge is 0.303 e. The van der Waals surface area contributed by atoms with Gasteiger partial charge < -0.3 is 28.5 Å². The van der Waals surface area contributed by atoms with Crippen molar-refractivity contribution >= 4 is 23.9 Å². The van der Waals surface area contributed by atoms with Gasteiger partial charge in [0.1, 0.15) is 29.7 Å². The van der Waals surface area contributed by atoms with Crippen LogP contribution in [0.3, 0.4) is 0 Å². The quantitative estimate of drug-likeness (QED) is 0.453. The van der Waals surface area contributed by atoms with Crippen molar-refractivity contribution in [2.45, 2.75) is 104 Å². The van der Waals surface area contributed by atoms with E-state index < -0.39 is 76.6 Å². The fraction of sp³-hybridized carbons (Fsp3) is 0.714. The summed E-state index contributed by atoms with van der Waals surface area (Å²) in [5.41, 5.74) is -3.35. The summed E-state index contributed by atoms with van der Waals surface area (Å²) in [5.74, 6) is -2.86. The van der Waals surface area contributed by atoms with Crippen LogP contribution < -0.4 is 0 Å². The van der Waals surface area contributed by atoms with Gasteiger partial charge in [-0.05, 0) is 29.9 Å². The Morgan fingerprint density at radius 1 is 0.895 bits per heavy atom. The third-order valence-electron chi connectivity index (χ3n) is 9.28. The molecule has 2 fully saturated rings. The van der Waals surface area contributed by atoms with E-state index in [1.807, 2.05) is 13.0 Å². The topological polar surface area (TPSA) is 139 Å². The molecule has 0 aromatic carbocycles. The molecule has 9 atom stereocenters. The second kappa shape index (κ2) is 9.39. The highest BCUT2D eigenvalue weighted by molar-refractivity contribution is 5.69. The largest absolute Gasteiger partial charge is 0.469 e. The molecule has 0 spiro atoms. The average Bonchev–Trinajstić information content (AvgIpc) is 3.25. The van der Waals surface area contributed by atoms with Crippen molar-refractivity contribution in [3.63, 3.8) is 0 Å². The molecule has 1 aromatic heterocycles. The molecule has 210 valence electrons. The van der Waals surface area contributed by atoms with Crippen LogP contribution >= 0.6 is 0 Å². The average molecular weight is 535 g/mol. The lowest BCUT2D eigenvalue weighted by atomic mass is 9.38. The number of esters is 4. The Bertz CT molecular complexity index is 1140. The Hall–Kier alpha value is -2.88. The first-order chi connectivity index (χ1) is 17.6. The summed E-state index contributed by atoms with van der Waals surface area (Å²) in [7, 11) is 0. The van der Waals surface area contributed by atoms with Crippen molar-refractivity contribution in [3.8, 4) is 0 Å². The van der Waals surface area contributed by atoms with Gasteiger partial charge in [0.15, 0.2) is 6.10 Å². The molecule has 1 heterocycles. The summed E-state index contributed by atoms with van der Waals surface area (Å²) in [4.78, 5) is 49.6. The second-order valence-electron chi connectivity index (χ2n) is 11.9. The van der Waals surface area contributed by atoms with Crippen LogP contribution in [0.5, 0.6) is 0 Å². The Balaban J connectivity index is 2.05. The van der Waals surface area contributed by atoms with E-state index in [9.17, 15) is 24.3 Å². The molecule has 0 unspecified atom stereocenters. The molecule has 0 aliphatic heterocycles. The van der Waals surface area contributed by atoms with Crippen LogP contribution in [0.2, 0.25) is 0 Å². The maximum absolute atomic E-state index is 13.0. The molecule has 10 heteroatoms. The molecule has 0 radical (unpaired) electrons. The van der Waals surface area contributed by atoms with Gasteiger partial charge in [-0.15, -0.1) is 0 Å². The van der Waals surface area contributed by atoms with Gasteiger partial charge in [0.25, 0.3) is 0 Å². The first kappa shape index (κ1) is 28.1. The lowest BCUT2D eigenvalue weighted by molar-refractivity contribution is -0.353.